The zero-order valence-electron chi connectivity index (χ0n) is 10.1. The van der Waals surface area contributed by atoms with Crippen LogP contribution in [0.25, 0.3) is 0 Å². The van der Waals surface area contributed by atoms with Crippen LogP contribution in [-0.4, -0.2) is 15.9 Å². The Morgan fingerprint density at radius 2 is 2.32 bits per heavy atom. The number of thiazole rings is 2. The number of hydrogen-bond acceptors (Lipinski definition) is 5. The highest BCUT2D eigenvalue weighted by molar-refractivity contribution is 7.16. The summed E-state index contributed by atoms with van der Waals surface area (Å²) in [5.74, 6) is 0.319. The quantitative estimate of drug-likeness (QED) is 0.883. The Labute approximate surface area is 123 Å². The maximum absolute atomic E-state index is 11.9. The van der Waals surface area contributed by atoms with E-state index < -0.39 is 0 Å². The summed E-state index contributed by atoms with van der Waals surface area (Å²) >= 11 is 8.74. The zero-order valence-corrected chi connectivity index (χ0v) is 12.5. The molecule has 2 heterocycles. The number of carbonyl (C=O) groups is 1. The van der Waals surface area contributed by atoms with Gasteiger partial charge in [0.25, 0.3) is 0 Å². The lowest BCUT2D eigenvalue weighted by molar-refractivity contribution is -0.115. The lowest BCUT2D eigenvalue weighted by Crippen LogP contribution is -2.14. The molecule has 0 fully saturated rings. The third-order valence-corrected chi connectivity index (χ3v) is 5.13. The van der Waals surface area contributed by atoms with E-state index in [-0.39, 0.29) is 12.3 Å². The van der Waals surface area contributed by atoms with Gasteiger partial charge in [0.15, 0.2) is 5.13 Å². The van der Waals surface area contributed by atoms with Crippen LogP contribution >= 0.6 is 34.3 Å². The predicted molar refractivity (Wildman–Crippen MR) is 78.1 cm³/mol. The number of alkyl halides is 1. The molecular formula is C12H12ClN3OS2. The summed E-state index contributed by atoms with van der Waals surface area (Å²) in [6.07, 6.45) is 3.59. The molecule has 1 amide bonds. The van der Waals surface area contributed by atoms with E-state index in [0.717, 1.165) is 29.2 Å². The third kappa shape index (κ3) is 2.96. The molecule has 0 aromatic carbocycles. The van der Waals surface area contributed by atoms with Crippen LogP contribution in [0.4, 0.5) is 5.13 Å². The molecule has 3 rings (SSSR count). The molecule has 100 valence electrons. The van der Waals surface area contributed by atoms with Gasteiger partial charge in [-0.05, 0) is 19.3 Å². The molecule has 4 nitrogen and oxygen atoms in total. The van der Waals surface area contributed by atoms with Crippen LogP contribution in [0.2, 0.25) is 0 Å². The third-order valence-electron chi connectivity index (χ3n) is 2.89. The van der Waals surface area contributed by atoms with E-state index in [0.29, 0.717) is 11.0 Å². The summed E-state index contributed by atoms with van der Waals surface area (Å²) in [4.78, 5) is 21.9. The number of aryl methyl sites for hydroxylation is 2. The largest absolute Gasteiger partial charge is 0.302 e. The van der Waals surface area contributed by atoms with Crippen LogP contribution in [-0.2, 0) is 29.9 Å². The van der Waals surface area contributed by atoms with Crippen molar-refractivity contribution in [3.8, 4) is 0 Å². The Bertz CT molecular complexity index is 586. The molecule has 0 bridgehead atoms. The topological polar surface area (TPSA) is 54.9 Å². The van der Waals surface area contributed by atoms with E-state index in [9.17, 15) is 4.79 Å². The first-order chi connectivity index (χ1) is 9.24. The van der Waals surface area contributed by atoms with Gasteiger partial charge in [-0.3, -0.25) is 4.79 Å². The normalized spacial score (nSPS) is 13.5. The van der Waals surface area contributed by atoms with Crippen molar-refractivity contribution in [1.82, 2.24) is 9.97 Å². The van der Waals surface area contributed by atoms with Crippen molar-refractivity contribution in [2.75, 3.05) is 5.32 Å². The van der Waals surface area contributed by atoms with Gasteiger partial charge in [0.2, 0.25) is 5.91 Å². The summed E-state index contributed by atoms with van der Waals surface area (Å²) in [5, 5.41) is 6.23. The number of hydrogen-bond donors (Lipinski definition) is 1. The van der Waals surface area contributed by atoms with E-state index in [1.54, 1.807) is 11.3 Å². The highest BCUT2D eigenvalue weighted by Crippen LogP contribution is 2.30. The van der Waals surface area contributed by atoms with Crippen LogP contribution in [0, 0.1) is 0 Å². The van der Waals surface area contributed by atoms with Gasteiger partial charge >= 0.3 is 0 Å². The average Bonchev–Trinajstić information content (AvgIpc) is 3.03. The number of halogens is 1. The first-order valence-electron chi connectivity index (χ1n) is 6.02. The van der Waals surface area contributed by atoms with Crippen molar-refractivity contribution in [2.24, 2.45) is 0 Å². The second-order valence-electron chi connectivity index (χ2n) is 4.33. The standard InChI is InChI=1S/C12H12ClN3OS2/c13-5-7-6-18-11(14-7)4-10(17)16-12-15-8-2-1-3-9(8)19-12/h6H,1-5H2,(H,15,16,17). The van der Waals surface area contributed by atoms with Crippen LogP contribution in [0.5, 0.6) is 0 Å². The van der Waals surface area contributed by atoms with Gasteiger partial charge in [0.05, 0.1) is 23.7 Å². The maximum Gasteiger partial charge on any atom is 0.233 e. The Morgan fingerprint density at radius 1 is 1.42 bits per heavy atom. The summed E-state index contributed by atoms with van der Waals surface area (Å²) in [5.41, 5.74) is 1.97. The number of rotatable bonds is 4. The smallest absolute Gasteiger partial charge is 0.233 e. The van der Waals surface area contributed by atoms with E-state index in [2.05, 4.69) is 15.3 Å². The minimum absolute atomic E-state index is 0.0668. The monoisotopic (exact) mass is 313 g/mol. The SMILES string of the molecule is O=C(Cc1nc(CCl)cs1)Nc1nc2c(s1)CCC2. The fourth-order valence-electron chi connectivity index (χ4n) is 2.04. The minimum atomic E-state index is -0.0668. The van der Waals surface area contributed by atoms with E-state index in [1.165, 1.54) is 22.6 Å². The van der Waals surface area contributed by atoms with Crippen LogP contribution in [0.15, 0.2) is 5.38 Å². The molecule has 1 N–H and O–H groups in total. The first kappa shape index (κ1) is 13.0. The molecule has 0 aliphatic heterocycles. The van der Waals surface area contributed by atoms with Gasteiger partial charge < -0.3 is 5.32 Å². The molecule has 0 saturated heterocycles. The van der Waals surface area contributed by atoms with E-state index in [4.69, 9.17) is 11.6 Å². The van der Waals surface area contributed by atoms with Crippen molar-refractivity contribution in [3.05, 3.63) is 26.7 Å². The Balaban J connectivity index is 1.61. The van der Waals surface area contributed by atoms with Gasteiger partial charge in [-0.2, -0.15) is 0 Å². The highest BCUT2D eigenvalue weighted by atomic mass is 35.5. The van der Waals surface area contributed by atoms with Crippen molar-refractivity contribution >= 4 is 45.3 Å². The van der Waals surface area contributed by atoms with E-state index >= 15 is 0 Å². The van der Waals surface area contributed by atoms with Crippen molar-refractivity contribution in [2.45, 2.75) is 31.6 Å². The minimum Gasteiger partial charge on any atom is -0.302 e. The number of amides is 1. The molecule has 0 radical (unpaired) electrons. The fourth-order valence-corrected chi connectivity index (χ4v) is 4.12. The second kappa shape index (κ2) is 5.56. The number of nitrogens with one attached hydrogen (secondary N) is 1. The first-order valence-corrected chi connectivity index (χ1v) is 8.25. The number of fused-ring (bicyclic) bond motifs is 1. The summed E-state index contributed by atoms with van der Waals surface area (Å²) in [6, 6.07) is 0. The molecule has 19 heavy (non-hydrogen) atoms. The molecule has 1 aliphatic carbocycles. The van der Waals surface area contributed by atoms with Gasteiger partial charge in [0, 0.05) is 10.3 Å². The van der Waals surface area contributed by atoms with Crippen molar-refractivity contribution < 1.29 is 4.79 Å². The van der Waals surface area contributed by atoms with Crippen LogP contribution < -0.4 is 5.32 Å². The van der Waals surface area contributed by atoms with Gasteiger partial charge in [-0.1, -0.05) is 0 Å². The number of aromatic nitrogens is 2. The van der Waals surface area contributed by atoms with Gasteiger partial charge in [-0.25, -0.2) is 9.97 Å². The molecule has 0 spiro atoms. The number of anilines is 1. The predicted octanol–water partition coefficient (Wildman–Crippen LogP) is 3.01. The van der Waals surface area contributed by atoms with Crippen molar-refractivity contribution in [1.29, 1.82) is 0 Å². The Kier molecular flexibility index (Phi) is 3.81. The van der Waals surface area contributed by atoms with Gasteiger partial charge in [0.1, 0.15) is 5.01 Å². The lowest BCUT2D eigenvalue weighted by atomic mass is 10.4. The maximum atomic E-state index is 11.9. The molecule has 0 saturated carbocycles. The molecular weight excluding hydrogens is 302 g/mol. The molecule has 0 unspecified atom stereocenters. The average molecular weight is 314 g/mol. The number of nitrogens with zero attached hydrogens (tertiary/aromatic N) is 2. The summed E-state index contributed by atoms with van der Waals surface area (Å²) in [6.45, 7) is 0. The Hall–Kier alpha value is -0.980. The second-order valence-corrected chi connectivity index (χ2v) is 6.63. The zero-order chi connectivity index (χ0) is 13.2. The molecule has 7 heteroatoms. The summed E-state index contributed by atoms with van der Waals surface area (Å²) in [7, 11) is 0. The summed E-state index contributed by atoms with van der Waals surface area (Å²) < 4.78 is 0. The molecule has 2 aromatic rings. The van der Waals surface area contributed by atoms with Gasteiger partial charge in [-0.15, -0.1) is 34.3 Å². The lowest BCUT2D eigenvalue weighted by Gasteiger charge is -1.99. The highest BCUT2D eigenvalue weighted by Gasteiger charge is 2.18. The fraction of sp³-hybridized carbons (Fsp3) is 0.417. The molecule has 1 aliphatic rings. The number of carbonyl (C=O) groups excluding carboxylic acids is 1. The molecule has 0 atom stereocenters. The Morgan fingerprint density at radius 3 is 3.05 bits per heavy atom. The van der Waals surface area contributed by atoms with Crippen molar-refractivity contribution in [3.63, 3.8) is 0 Å². The van der Waals surface area contributed by atoms with Crippen LogP contribution in [0.3, 0.4) is 0 Å². The van der Waals surface area contributed by atoms with Crippen LogP contribution in [0.1, 0.15) is 27.7 Å². The van der Waals surface area contributed by atoms with E-state index in [1.807, 2.05) is 5.38 Å². The molecule has 2 aromatic heterocycles.